The van der Waals surface area contributed by atoms with E-state index in [0.29, 0.717) is 29.8 Å². The van der Waals surface area contributed by atoms with Crippen molar-refractivity contribution in [1.82, 2.24) is 14.8 Å². The molecule has 0 spiro atoms. The lowest BCUT2D eigenvalue weighted by molar-refractivity contribution is -0.0361. The van der Waals surface area contributed by atoms with E-state index in [1.807, 2.05) is 31.4 Å². The van der Waals surface area contributed by atoms with Gasteiger partial charge in [-0.05, 0) is 31.9 Å². The number of nitrogens with one attached hydrogen (secondary N) is 1. The fourth-order valence-electron chi connectivity index (χ4n) is 5.46. The molecule has 1 atom stereocenters. The molecule has 10 heteroatoms. The molecular weight excluding hydrogens is 507 g/mol. The van der Waals surface area contributed by atoms with Gasteiger partial charge < -0.3 is 19.7 Å². The molecule has 39 heavy (non-hydrogen) atoms. The summed E-state index contributed by atoms with van der Waals surface area (Å²) in [5, 5.41) is 8.64. The Morgan fingerprint density at radius 3 is 2.44 bits per heavy atom. The van der Waals surface area contributed by atoms with Gasteiger partial charge in [0, 0.05) is 74.0 Å². The van der Waals surface area contributed by atoms with Crippen LogP contribution in [0.1, 0.15) is 48.9 Å². The third-order valence-corrected chi connectivity index (χ3v) is 7.67. The fraction of sp³-hybridized carbons (Fsp3) is 0.379. The third-order valence-electron chi connectivity index (χ3n) is 7.67. The lowest BCUT2D eigenvalue weighted by atomic mass is 9.82. The number of aromatic nitrogens is 3. The van der Waals surface area contributed by atoms with E-state index in [2.05, 4.69) is 20.3 Å². The van der Waals surface area contributed by atoms with Crippen LogP contribution in [0.3, 0.4) is 0 Å². The van der Waals surface area contributed by atoms with Crippen molar-refractivity contribution in [2.75, 3.05) is 37.5 Å². The van der Waals surface area contributed by atoms with Gasteiger partial charge in [-0.15, -0.1) is 0 Å². The van der Waals surface area contributed by atoms with E-state index in [9.17, 15) is 13.2 Å². The van der Waals surface area contributed by atoms with Crippen molar-refractivity contribution in [3.05, 3.63) is 77.4 Å². The predicted molar refractivity (Wildman–Crippen MR) is 145 cm³/mol. The molecule has 0 unspecified atom stereocenters. The van der Waals surface area contributed by atoms with Crippen molar-refractivity contribution in [2.45, 2.75) is 37.8 Å². The number of halogens is 3. The van der Waals surface area contributed by atoms with E-state index in [4.69, 9.17) is 9.47 Å². The Labute approximate surface area is 225 Å². The number of pyridine rings is 1. The van der Waals surface area contributed by atoms with Gasteiger partial charge in [0.1, 0.15) is 11.6 Å². The summed E-state index contributed by atoms with van der Waals surface area (Å²) in [6.07, 6.45) is 2.13. The minimum absolute atomic E-state index is 0.168. The Morgan fingerprint density at radius 1 is 1.05 bits per heavy atom. The summed E-state index contributed by atoms with van der Waals surface area (Å²) < 4.78 is 55.2. The highest BCUT2D eigenvalue weighted by Gasteiger charge is 2.39. The van der Waals surface area contributed by atoms with Gasteiger partial charge in [-0.25, -0.2) is 13.2 Å². The molecule has 1 fully saturated rings. The lowest BCUT2D eigenvalue weighted by Crippen LogP contribution is -2.44. The second kappa shape index (κ2) is 10.8. The van der Waals surface area contributed by atoms with Gasteiger partial charge in [0.25, 0.3) is 6.43 Å². The number of rotatable bonds is 8. The molecule has 5 rings (SSSR count). The second-order valence-corrected chi connectivity index (χ2v) is 9.88. The van der Waals surface area contributed by atoms with Crippen LogP contribution in [0.25, 0.3) is 10.9 Å². The van der Waals surface area contributed by atoms with Crippen molar-refractivity contribution in [3.63, 3.8) is 0 Å². The average molecular weight is 540 g/mol. The fourth-order valence-corrected chi connectivity index (χ4v) is 5.46. The maximum absolute atomic E-state index is 14.9. The molecule has 3 heterocycles. The molecule has 4 aromatic rings. The smallest absolute Gasteiger partial charge is 0.266 e. The number of hydrogen-bond acceptors (Lipinski definition) is 6. The highest BCUT2D eigenvalue weighted by molar-refractivity contribution is 5.93. The number of aryl methyl sites for hydroxylation is 1. The maximum atomic E-state index is 14.9. The van der Waals surface area contributed by atoms with E-state index in [1.165, 1.54) is 12.1 Å². The number of methoxy groups -OCH3 is 2. The van der Waals surface area contributed by atoms with Crippen LogP contribution in [-0.4, -0.2) is 42.1 Å². The molecular formula is C29H32F3N5O2. The van der Waals surface area contributed by atoms with Crippen LogP contribution in [0.2, 0.25) is 0 Å². The van der Waals surface area contributed by atoms with Gasteiger partial charge >= 0.3 is 0 Å². The molecule has 1 aliphatic rings. The summed E-state index contributed by atoms with van der Waals surface area (Å²) in [4.78, 5) is 6.76. The van der Waals surface area contributed by atoms with Crippen LogP contribution >= 0.6 is 0 Å². The van der Waals surface area contributed by atoms with E-state index >= 15 is 0 Å². The van der Waals surface area contributed by atoms with E-state index in [1.54, 1.807) is 38.1 Å². The highest BCUT2D eigenvalue weighted by Crippen LogP contribution is 2.44. The third kappa shape index (κ3) is 5.01. The van der Waals surface area contributed by atoms with Gasteiger partial charge in [0.05, 0.1) is 29.8 Å². The second-order valence-electron chi connectivity index (χ2n) is 9.88. The number of alkyl halides is 2. The monoisotopic (exact) mass is 539 g/mol. The summed E-state index contributed by atoms with van der Waals surface area (Å²) in [5.74, 6) is 0.704. The normalized spacial score (nSPS) is 16.1. The SMILES string of the molecule is COc1cc2nccc(N[C@H](C)c3cccc(C(F)F)c3F)c2cc1C1(OC)CCN(c2ccn(C)n2)CC1. The minimum atomic E-state index is -2.89. The number of nitrogens with zero attached hydrogens (tertiary/aromatic N) is 4. The first kappa shape index (κ1) is 26.8. The number of benzene rings is 2. The first-order chi connectivity index (χ1) is 18.8. The maximum Gasteiger partial charge on any atom is 0.266 e. The summed E-state index contributed by atoms with van der Waals surface area (Å²) in [5.41, 5.74) is 1.26. The van der Waals surface area contributed by atoms with E-state index < -0.39 is 29.4 Å². The van der Waals surface area contributed by atoms with Crippen LogP contribution in [0.4, 0.5) is 24.7 Å². The van der Waals surface area contributed by atoms with E-state index in [0.717, 1.165) is 35.9 Å². The zero-order chi connectivity index (χ0) is 27.7. The number of ether oxygens (including phenoxy) is 2. The van der Waals surface area contributed by atoms with Crippen molar-refractivity contribution < 1.29 is 22.6 Å². The Kier molecular flexibility index (Phi) is 7.40. The number of hydrogen-bond donors (Lipinski definition) is 1. The Balaban J connectivity index is 1.49. The number of anilines is 2. The quantitative estimate of drug-likeness (QED) is 0.281. The number of piperidine rings is 1. The molecule has 1 aliphatic heterocycles. The largest absolute Gasteiger partial charge is 0.496 e. The van der Waals surface area contributed by atoms with E-state index in [-0.39, 0.29) is 5.56 Å². The van der Waals surface area contributed by atoms with Crippen LogP contribution in [0, 0.1) is 5.82 Å². The molecule has 0 amide bonds. The first-order valence-corrected chi connectivity index (χ1v) is 12.9. The molecule has 1 saturated heterocycles. The topological polar surface area (TPSA) is 64.4 Å². The standard InChI is InChI=1S/C29H32F3N5O2/c1-18(19-6-5-7-20(27(19)30)28(31)32)34-23-8-12-33-24-17-25(38-3)22(16-21(23)24)29(39-4)10-14-37(15-11-29)26-9-13-36(2)35-26/h5-9,12-13,16-18,28H,10-11,14-15H2,1-4H3,(H,33,34)/t18-/m1/s1. The molecule has 2 aromatic heterocycles. The van der Waals surface area contributed by atoms with Gasteiger partial charge in [0.15, 0.2) is 5.82 Å². The van der Waals surface area contributed by atoms with Crippen molar-refractivity contribution in [1.29, 1.82) is 0 Å². The van der Waals surface area contributed by atoms with Crippen molar-refractivity contribution in [3.8, 4) is 5.75 Å². The van der Waals surface area contributed by atoms with Crippen LogP contribution < -0.4 is 15.0 Å². The summed E-state index contributed by atoms with van der Waals surface area (Å²) in [7, 11) is 5.24. The van der Waals surface area contributed by atoms with Crippen LogP contribution in [0.15, 0.2) is 54.9 Å². The highest BCUT2D eigenvalue weighted by atomic mass is 19.3. The molecule has 0 aliphatic carbocycles. The molecule has 0 bridgehead atoms. The minimum Gasteiger partial charge on any atom is -0.496 e. The predicted octanol–water partition coefficient (Wildman–Crippen LogP) is 6.37. The van der Waals surface area contributed by atoms with Gasteiger partial charge in [-0.1, -0.05) is 18.2 Å². The Hall–Kier alpha value is -3.79. The molecule has 0 saturated carbocycles. The summed E-state index contributed by atoms with van der Waals surface area (Å²) in [6.45, 7) is 3.25. The zero-order valence-electron chi connectivity index (χ0n) is 22.4. The Bertz CT molecular complexity index is 1470. The van der Waals surface area contributed by atoms with Crippen LogP contribution in [0.5, 0.6) is 5.75 Å². The lowest BCUT2D eigenvalue weighted by Gasteiger charge is -2.42. The van der Waals surface area contributed by atoms with Gasteiger partial charge in [-0.3, -0.25) is 9.67 Å². The number of fused-ring (bicyclic) bond motifs is 1. The van der Waals surface area contributed by atoms with Gasteiger partial charge in [0.2, 0.25) is 0 Å². The van der Waals surface area contributed by atoms with Crippen molar-refractivity contribution in [2.24, 2.45) is 7.05 Å². The average Bonchev–Trinajstić information content (AvgIpc) is 3.38. The van der Waals surface area contributed by atoms with Crippen molar-refractivity contribution >= 4 is 22.4 Å². The summed E-state index contributed by atoms with van der Waals surface area (Å²) in [6, 6.07) is 11.2. The van der Waals surface area contributed by atoms with Crippen LogP contribution in [-0.2, 0) is 17.4 Å². The molecule has 2 aromatic carbocycles. The first-order valence-electron chi connectivity index (χ1n) is 12.9. The molecule has 1 N–H and O–H groups in total. The van der Waals surface area contributed by atoms with Gasteiger partial charge in [-0.2, -0.15) is 5.10 Å². The summed E-state index contributed by atoms with van der Waals surface area (Å²) >= 11 is 0. The zero-order valence-corrected chi connectivity index (χ0v) is 22.4. The molecule has 7 nitrogen and oxygen atoms in total. The Morgan fingerprint density at radius 2 is 1.79 bits per heavy atom. The molecule has 0 radical (unpaired) electrons. The molecule has 206 valence electrons.